The van der Waals surface area contributed by atoms with Gasteiger partial charge >= 0.3 is 0 Å². The van der Waals surface area contributed by atoms with Crippen molar-refractivity contribution >= 4 is 5.91 Å². The summed E-state index contributed by atoms with van der Waals surface area (Å²) >= 11 is 0. The fraction of sp³-hybridized carbons (Fsp3) is 0.923. The molecule has 1 N–H and O–H groups in total. The van der Waals surface area contributed by atoms with Crippen LogP contribution < -0.4 is 5.32 Å². The second-order valence-corrected chi connectivity index (χ2v) is 5.24. The molecule has 1 saturated heterocycles. The SMILES string of the molecule is CC1CN(C(=O)CNC2CCCC2)CCCO1. The Morgan fingerprint density at radius 3 is 2.88 bits per heavy atom. The van der Waals surface area contributed by atoms with Gasteiger partial charge in [-0.1, -0.05) is 12.8 Å². The summed E-state index contributed by atoms with van der Waals surface area (Å²) in [5, 5.41) is 3.38. The molecule has 1 saturated carbocycles. The molecule has 1 unspecified atom stereocenters. The minimum atomic E-state index is 0.174. The molecular formula is C13H24N2O2. The fourth-order valence-electron chi connectivity index (χ4n) is 2.69. The van der Waals surface area contributed by atoms with E-state index in [9.17, 15) is 4.79 Å². The number of amides is 1. The van der Waals surface area contributed by atoms with Crippen molar-refractivity contribution in [2.75, 3.05) is 26.2 Å². The lowest BCUT2D eigenvalue weighted by Gasteiger charge is -2.23. The van der Waals surface area contributed by atoms with E-state index in [4.69, 9.17) is 4.74 Å². The van der Waals surface area contributed by atoms with Crippen molar-refractivity contribution in [2.24, 2.45) is 0 Å². The normalized spacial score (nSPS) is 27.1. The van der Waals surface area contributed by atoms with Crippen LogP contribution in [0.2, 0.25) is 0 Å². The number of hydrogen-bond acceptors (Lipinski definition) is 3. The number of carbonyl (C=O) groups excluding carboxylic acids is 1. The van der Waals surface area contributed by atoms with Crippen molar-refractivity contribution in [3.05, 3.63) is 0 Å². The molecule has 1 heterocycles. The van der Waals surface area contributed by atoms with E-state index >= 15 is 0 Å². The molecule has 2 fully saturated rings. The lowest BCUT2D eigenvalue weighted by atomic mass is 10.2. The molecule has 0 bridgehead atoms. The number of rotatable bonds is 3. The molecule has 1 aliphatic carbocycles. The van der Waals surface area contributed by atoms with Crippen LogP contribution >= 0.6 is 0 Å². The van der Waals surface area contributed by atoms with Crippen LogP contribution in [0.15, 0.2) is 0 Å². The van der Waals surface area contributed by atoms with Crippen LogP contribution in [0.3, 0.4) is 0 Å². The highest BCUT2D eigenvalue weighted by Crippen LogP contribution is 2.17. The van der Waals surface area contributed by atoms with Crippen LogP contribution in [0.1, 0.15) is 39.0 Å². The second kappa shape index (κ2) is 6.36. The fourth-order valence-corrected chi connectivity index (χ4v) is 2.69. The Morgan fingerprint density at radius 1 is 1.35 bits per heavy atom. The van der Waals surface area contributed by atoms with E-state index in [1.54, 1.807) is 0 Å². The molecule has 1 amide bonds. The number of nitrogens with one attached hydrogen (secondary N) is 1. The zero-order valence-electron chi connectivity index (χ0n) is 10.8. The van der Waals surface area contributed by atoms with E-state index in [-0.39, 0.29) is 12.0 Å². The van der Waals surface area contributed by atoms with E-state index in [0.29, 0.717) is 12.6 Å². The molecule has 4 heteroatoms. The van der Waals surface area contributed by atoms with Crippen molar-refractivity contribution in [2.45, 2.75) is 51.2 Å². The van der Waals surface area contributed by atoms with Gasteiger partial charge in [-0.05, 0) is 26.2 Å². The third kappa shape index (κ3) is 3.96. The molecule has 0 radical (unpaired) electrons. The molecule has 0 aromatic rings. The molecule has 17 heavy (non-hydrogen) atoms. The first-order valence-corrected chi connectivity index (χ1v) is 6.88. The topological polar surface area (TPSA) is 41.6 Å². The first-order valence-electron chi connectivity index (χ1n) is 6.88. The van der Waals surface area contributed by atoms with Crippen LogP contribution in [-0.4, -0.2) is 49.2 Å². The van der Waals surface area contributed by atoms with Crippen molar-refractivity contribution in [1.82, 2.24) is 10.2 Å². The maximum absolute atomic E-state index is 12.1. The maximum Gasteiger partial charge on any atom is 0.236 e. The van der Waals surface area contributed by atoms with Crippen molar-refractivity contribution in [1.29, 1.82) is 0 Å². The summed E-state index contributed by atoms with van der Waals surface area (Å²) in [7, 11) is 0. The minimum absolute atomic E-state index is 0.174. The van der Waals surface area contributed by atoms with Gasteiger partial charge in [0.05, 0.1) is 12.6 Å². The van der Waals surface area contributed by atoms with E-state index in [1.165, 1.54) is 25.7 Å². The first-order chi connectivity index (χ1) is 8.25. The molecule has 0 aromatic carbocycles. The highest BCUT2D eigenvalue weighted by Gasteiger charge is 2.21. The number of hydrogen-bond donors (Lipinski definition) is 1. The lowest BCUT2D eigenvalue weighted by Crippen LogP contribution is -2.43. The summed E-state index contributed by atoms with van der Waals surface area (Å²) in [6.45, 7) is 4.90. The summed E-state index contributed by atoms with van der Waals surface area (Å²) in [6.07, 6.45) is 6.20. The van der Waals surface area contributed by atoms with Gasteiger partial charge in [-0.15, -0.1) is 0 Å². The van der Waals surface area contributed by atoms with Gasteiger partial charge in [-0.2, -0.15) is 0 Å². The monoisotopic (exact) mass is 240 g/mol. The standard InChI is InChI=1S/C13H24N2O2/c1-11-10-15(7-4-8-17-11)13(16)9-14-12-5-2-3-6-12/h11-12,14H,2-10H2,1H3. The molecule has 2 rings (SSSR count). The Kier molecular flexibility index (Phi) is 4.80. The summed E-state index contributed by atoms with van der Waals surface area (Å²) in [5.41, 5.74) is 0. The largest absolute Gasteiger partial charge is 0.377 e. The van der Waals surface area contributed by atoms with Gasteiger partial charge in [0.2, 0.25) is 5.91 Å². The molecule has 0 spiro atoms. The van der Waals surface area contributed by atoms with E-state index < -0.39 is 0 Å². The Hall–Kier alpha value is -0.610. The van der Waals surface area contributed by atoms with Crippen LogP contribution in [-0.2, 0) is 9.53 Å². The molecule has 1 aliphatic heterocycles. The lowest BCUT2D eigenvalue weighted by molar-refractivity contribution is -0.131. The van der Waals surface area contributed by atoms with Gasteiger partial charge in [0.1, 0.15) is 0 Å². The van der Waals surface area contributed by atoms with Crippen molar-refractivity contribution in [3.8, 4) is 0 Å². The molecule has 0 aromatic heterocycles. The molecule has 4 nitrogen and oxygen atoms in total. The highest BCUT2D eigenvalue weighted by atomic mass is 16.5. The third-order valence-corrected chi connectivity index (χ3v) is 3.70. The number of ether oxygens (including phenoxy) is 1. The zero-order valence-corrected chi connectivity index (χ0v) is 10.8. The van der Waals surface area contributed by atoms with Crippen LogP contribution in [0.4, 0.5) is 0 Å². The number of carbonyl (C=O) groups is 1. The Labute approximate surface area is 104 Å². The quantitative estimate of drug-likeness (QED) is 0.805. The molecule has 98 valence electrons. The van der Waals surface area contributed by atoms with E-state index in [2.05, 4.69) is 5.32 Å². The predicted molar refractivity (Wildman–Crippen MR) is 66.9 cm³/mol. The highest BCUT2D eigenvalue weighted by molar-refractivity contribution is 5.78. The minimum Gasteiger partial charge on any atom is -0.377 e. The zero-order chi connectivity index (χ0) is 12.1. The van der Waals surface area contributed by atoms with Crippen LogP contribution in [0.25, 0.3) is 0 Å². The number of nitrogens with zero attached hydrogens (tertiary/aromatic N) is 1. The maximum atomic E-state index is 12.1. The second-order valence-electron chi connectivity index (χ2n) is 5.24. The Bertz CT molecular complexity index is 252. The molecule has 1 atom stereocenters. The van der Waals surface area contributed by atoms with Crippen LogP contribution in [0, 0.1) is 0 Å². The van der Waals surface area contributed by atoms with Gasteiger partial charge in [0.15, 0.2) is 0 Å². The first kappa shape index (κ1) is 12.8. The summed E-state index contributed by atoms with van der Waals surface area (Å²) in [5.74, 6) is 0.231. The van der Waals surface area contributed by atoms with Gasteiger partial charge in [-0.25, -0.2) is 0 Å². The Morgan fingerprint density at radius 2 is 2.12 bits per heavy atom. The summed E-state index contributed by atoms with van der Waals surface area (Å²) < 4.78 is 5.55. The predicted octanol–water partition coefficient (Wildman–Crippen LogP) is 1.16. The third-order valence-electron chi connectivity index (χ3n) is 3.70. The smallest absolute Gasteiger partial charge is 0.236 e. The van der Waals surface area contributed by atoms with Gasteiger partial charge in [0, 0.05) is 25.7 Å². The molecule has 2 aliphatic rings. The van der Waals surface area contributed by atoms with Crippen LogP contribution in [0.5, 0.6) is 0 Å². The van der Waals surface area contributed by atoms with Crippen molar-refractivity contribution in [3.63, 3.8) is 0 Å². The van der Waals surface area contributed by atoms with Gasteiger partial charge in [-0.3, -0.25) is 4.79 Å². The summed E-state index contributed by atoms with van der Waals surface area (Å²) in [4.78, 5) is 14.0. The van der Waals surface area contributed by atoms with Gasteiger partial charge in [0.25, 0.3) is 0 Å². The van der Waals surface area contributed by atoms with E-state index in [1.807, 2.05) is 11.8 Å². The van der Waals surface area contributed by atoms with E-state index in [0.717, 1.165) is 26.1 Å². The van der Waals surface area contributed by atoms with Crippen molar-refractivity contribution < 1.29 is 9.53 Å². The average molecular weight is 240 g/mol. The molecular weight excluding hydrogens is 216 g/mol. The van der Waals surface area contributed by atoms with Gasteiger partial charge < -0.3 is 15.0 Å². The average Bonchev–Trinajstić information content (AvgIpc) is 2.74. The summed E-state index contributed by atoms with van der Waals surface area (Å²) in [6, 6.07) is 0.569. The Balaban J connectivity index is 1.73.